The van der Waals surface area contributed by atoms with Crippen LogP contribution in [-0.4, -0.2) is 36.6 Å². The van der Waals surface area contributed by atoms with Crippen LogP contribution in [0.4, 0.5) is 0 Å². The second-order valence-corrected chi connectivity index (χ2v) is 14.4. The molecule has 2 N–H and O–H groups in total. The van der Waals surface area contributed by atoms with Crippen molar-refractivity contribution in [1.29, 1.82) is 0 Å². The molecule has 0 saturated carbocycles. The highest BCUT2D eigenvalue weighted by Gasteiger charge is 2.49. The van der Waals surface area contributed by atoms with Crippen LogP contribution < -0.4 is 9.47 Å². The van der Waals surface area contributed by atoms with Gasteiger partial charge in [-0.3, -0.25) is 0 Å². The van der Waals surface area contributed by atoms with E-state index in [0.717, 1.165) is 44.9 Å². The van der Waals surface area contributed by atoms with Crippen molar-refractivity contribution in [3.8, 4) is 44.9 Å². The van der Waals surface area contributed by atoms with Gasteiger partial charge >= 0.3 is 0 Å². The summed E-state index contributed by atoms with van der Waals surface area (Å²) in [4.78, 5) is 0. The Morgan fingerprint density at radius 3 is 1.25 bits per heavy atom. The molecule has 0 fully saturated rings. The van der Waals surface area contributed by atoms with Crippen LogP contribution in [0.2, 0.25) is 0 Å². The lowest BCUT2D eigenvalue weighted by molar-refractivity contribution is 0.200. The number of fused-ring (bicyclic) bond motifs is 5. The first-order valence-electron chi connectivity index (χ1n) is 19.0. The number of hydrogen-bond donors (Lipinski definition) is 2. The van der Waals surface area contributed by atoms with E-state index in [9.17, 15) is 10.2 Å². The predicted octanol–water partition coefficient (Wildman–Crippen LogP) is 11.0. The Kier molecular flexibility index (Phi) is 8.94. The molecule has 0 bridgehead atoms. The van der Waals surface area contributed by atoms with Gasteiger partial charge in [-0.25, -0.2) is 0 Å². The average Bonchev–Trinajstić information content (AvgIpc) is 3.54. The SMILES string of the molecule is Cc1cc(C2(c3ccc(OCCO)c(C)c3)c3c(-c4ccc5ccccc5c4)cccc3-c3cccc(-c4ccc5ccccc5c4)c32)ccc1OCCO. The second-order valence-electron chi connectivity index (χ2n) is 14.4. The molecule has 270 valence electrons. The van der Waals surface area contributed by atoms with Crippen LogP contribution >= 0.6 is 0 Å². The summed E-state index contributed by atoms with van der Waals surface area (Å²) in [7, 11) is 0. The van der Waals surface area contributed by atoms with Gasteiger partial charge in [-0.15, -0.1) is 0 Å². The molecule has 4 nitrogen and oxygen atoms in total. The first-order chi connectivity index (χ1) is 27.0. The maximum atomic E-state index is 9.62. The van der Waals surface area contributed by atoms with Gasteiger partial charge in [0.15, 0.2) is 0 Å². The lowest BCUT2D eigenvalue weighted by Gasteiger charge is -2.37. The summed E-state index contributed by atoms with van der Waals surface area (Å²) in [6.45, 7) is 4.51. The van der Waals surface area contributed by atoms with Crippen molar-refractivity contribution in [3.05, 3.63) is 191 Å². The summed E-state index contributed by atoms with van der Waals surface area (Å²) in [6, 6.07) is 57.2. The van der Waals surface area contributed by atoms with Gasteiger partial charge in [-0.05, 0) is 126 Å². The van der Waals surface area contributed by atoms with Gasteiger partial charge < -0.3 is 19.7 Å². The largest absolute Gasteiger partial charge is 0.491 e. The van der Waals surface area contributed by atoms with E-state index in [1.807, 2.05) is 0 Å². The molecule has 9 rings (SSSR count). The number of hydrogen-bond acceptors (Lipinski definition) is 4. The van der Waals surface area contributed by atoms with Gasteiger partial charge in [0.1, 0.15) is 24.7 Å². The highest BCUT2D eigenvalue weighted by molar-refractivity contribution is 5.99. The molecular weight excluding hydrogens is 677 g/mol. The Labute approximate surface area is 321 Å². The standard InChI is InChI=1S/C51H42O4/c1-33-29-41(21-23-47(33)54-27-25-52)51(42-22-24-48(34(2)30-42)55-28-26-53)49-43(39-19-17-35-9-3-5-11-37(35)31-39)13-7-15-45(49)46-16-8-14-44(50(46)51)40-20-18-36-10-4-6-12-38(36)32-40/h3-24,29-32,52-53H,25-28H2,1-2H3. The minimum Gasteiger partial charge on any atom is -0.491 e. The Bertz CT molecular complexity index is 2540. The zero-order valence-electron chi connectivity index (χ0n) is 31.1. The zero-order chi connectivity index (χ0) is 37.5. The molecule has 0 saturated heterocycles. The fraction of sp³-hybridized carbons (Fsp3) is 0.137. The quantitative estimate of drug-likeness (QED) is 0.148. The summed E-state index contributed by atoms with van der Waals surface area (Å²) in [5.74, 6) is 1.50. The maximum Gasteiger partial charge on any atom is 0.122 e. The van der Waals surface area contributed by atoms with Crippen LogP contribution in [0.15, 0.2) is 158 Å². The monoisotopic (exact) mass is 718 g/mol. The third-order valence-corrected chi connectivity index (χ3v) is 11.2. The van der Waals surface area contributed by atoms with E-state index in [0.29, 0.717) is 0 Å². The number of ether oxygens (including phenoxy) is 2. The van der Waals surface area contributed by atoms with Crippen molar-refractivity contribution in [2.24, 2.45) is 0 Å². The normalized spacial score (nSPS) is 12.8. The van der Waals surface area contributed by atoms with E-state index in [1.54, 1.807) is 0 Å². The molecule has 0 aliphatic heterocycles. The molecule has 1 aliphatic rings. The molecule has 8 aromatic carbocycles. The Morgan fingerprint density at radius 1 is 0.418 bits per heavy atom. The molecule has 0 radical (unpaired) electrons. The fourth-order valence-corrected chi connectivity index (χ4v) is 8.83. The smallest absolute Gasteiger partial charge is 0.122 e. The van der Waals surface area contributed by atoms with Crippen molar-refractivity contribution in [3.63, 3.8) is 0 Å². The Morgan fingerprint density at radius 2 is 0.836 bits per heavy atom. The molecule has 8 aromatic rings. The average molecular weight is 719 g/mol. The second kappa shape index (κ2) is 14.2. The molecular formula is C51H42O4. The first-order valence-corrected chi connectivity index (χ1v) is 19.0. The van der Waals surface area contributed by atoms with Gasteiger partial charge in [-0.1, -0.05) is 133 Å². The minimum absolute atomic E-state index is 0.0555. The lowest BCUT2D eigenvalue weighted by atomic mass is 9.64. The Balaban J connectivity index is 1.42. The molecule has 0 atom stereocenters. The number of aryl methyl sites for hydroxylation is 2. The van der Waals surface area contributed by atoms with Crippen LogP contribution in [0, 0.1) is 13.8 Å². The van der Waals surface area contributed by atoms with Crippen molar-refractivity contribution in [2.45, 2.75) is 19.3 Å². The first kappa shape index (κ1) is 34.6. The number of rotatable bonds is 10. The summed E-state index contributed by atoms with van der Waals surface area (Å²) in [5.41, 5.74) is 12.9. The minimum atomic E-state index is -0.782. The van der Waals surface area contributed by atoms with Gasteiger partial charge in [0, 0.05) is 0 Å². The van der Waals surface area contributed by atoms with E-state index in [2.05, 4.69) is 172 Å². The van der Waals surface area contributed by atoms with E-state index in [4.69, 9.17) is 9.47 Å². The number of aliphatic hydroxyl groups excluding tert-OH is 2. The van der Waals surface area contributed by atoms with Crippen LogP contribution in [0.1, 0.15) is 33.4 Å². The maximum absolute atomic E-state index is 9.62. The molecule has 1 aliphatic carbocycles. The van der Waals surface area contributed by atoms with Gasteiger partial charge in [0.2, 0.25) is 0 Å². The molecule has 0 heterocycles. The Hall–Kier alpha value is -6.20. The third kappa shape index (κ3) is 5.77. The fourth-order valence-electron chi connectivity index (χ4n) is 8.83. The van der Waals surface area contributed by atoms with E-state index in [1.165, 1.54) is 54.9 Å². The summed E-state index contributed by atoms with van der Waals surface area (Å²) >= 11 is 0. The number of benzene rings is 8. The third-order valence-electron chi connectivity index (χ3n) is 11.2. The highest BCUT2D eigenvalue weighted by atomic mass is 16.5. The van der Waals surface area contributed by atoms with E-state index >= 15 is 0 Å². The molecule has 0 aromatic heterocycles. The van der Waals surface area contributed by atoms with Crippen molar-refractivity contribution >= 4 is 21.5 Å². The van der Waals surface area contributed by atoms with Crippen molar-refractivity contribution in [2.75, 3.05) is 26.4 Å². The van der Waals surface area contributed by atoms with Gasteiger partial charge in [0.25, 0.3) is 0 Å². The highest BCUT2D eigenvalue weighted by Crippen LogP contribution is 2.61. The van der Waals surface area contributed by atoms with Crippen LogP contribution in [-0.2, 0) is 5.41 Å². The molecule has 4 heteroatoms. The van der Waals surface area contributed by atoms with Crippen molar-refractivity contribution < 1.29 is 19.7 Å². The van der Waals surface area contributed by atoms with E-state index < -0.39 is 5.41 Å². The van der Waals surface area contributed by atoms with Gasteiger partial charge in [-0.2, -0.15) is 0 Å². The van der Waals surface area contributed by atoms with Crippen molar-refractivity contribution in [1.82, 2.24) is 0 Å². The lowest BCUT2D eigenvalue weighted by Crippen LogP contribution is -2.30. The molecule has 0 amide bonds. The summed E-state index contributed by atoms with van der Waals surface area (Å²) in [6.07, 6.45) is 0. The zero-order valence-corrected chi connectivity index (χ0v) is 31.1. The van der Waals surface area contributed by atoms with Gasteiger partial charge in [0.05, 0.1) is 18.6 Å². The van der Waals surface area contributed by atoms with Crippen LogP contribution in [0.5, 0.6) is 11.5 Å². The topological polar surface area (TPSA) is 58.9 Å². The van der Waals surface area contributed by atoms with Crippen LogP contribution in [0.3, 0.4) is 0 Å². The number of aliphatic hydroxyl groups is 2. The van der Waals surface area contributed by atoms with Crippen LogP contribution in [0.25, 0.3) is 54.9 Å². The summed E-state index contributed by atoms with van der Waals surface area (Å²) in [5, 5.41) is 24.0. The predicted molar refractivity (Wildman–Crippen MR) is 224 cm³/mol. The molecule has 0 spiro atoms. The molecule has 55 heavy (non-hydrogen) atoms. The molecule has 0 unspecified atom stereocenters. The summed E-state index contributed by atoms with van der Waals surface area (Å²) < 4.78 is 12.1. The van der Waals surface area contributed by atoms with E-state index in [-0.39, 0.29) is 26.4 Å².